The molecule has 0 fully saturated rings. The molecule has 0 spiro atoms. The van der Waals surface area contributed by atoms with Gasteiger partial charge in [-0.05, 0) is 46.3 Å². The summed E-state index contributed by atoms with van der Waals surface area (Å²) in [6, 6.07) is 10.2. The molecule has 0 atom stereocenters. The summed E-state index contributed by atoms with van der Waals surface area (Å²) in [5.41, 5.74) is 6.95. The van der Waals surface area contributed by atoms with Crippen molar-refractivity contribution >= 4 is 5.69 Å². The molecule has 106 valence electrons. The normalized spacial score (nSPS) is 10.8. The number of nitrogens with two attached hydrogens (primary N) is 1. The lowest BCUT2D eigenvalue weighted by atomic mass is 10.1. The van der Waals surface area contributed by atoms with Gasteiger partial charge in [0.15, 0.2) is 5.82 Å². The Hall–Kier alpha value is -2.83. The molecule has 3 rings (SSSR count). The zero-order chi connectivity index (χ0) is 14.8. The van der Waals surface area contributed by atoms with Gasteiger partial charge in [-0.1, -0.05) is 12.1 Å². The fourth-order valence-electron chi connectivity index (χ4n) is 2.03. The lowest BCUT2D eigenvalue weighted by Crippen LogP contribution is -2.05. The first-order chi connectivity index (χ1) is 10.1. The van der Waals surface area contributed by atoms with Crippen molar-refractivity contribution < 1.29 is 8.78 Å². The second-order valence-corrected chi connectivity index (χ2v) is 4.53. The molecular weight excluding hydrogens is 276 g/mol. The van der Waals surface area contributed by atoms with Crippen LogP contribution in [0.1, 0.15) is 5.56 Å². The number of hydrogen-bond acceptors (Lipinski definition) is 4. The van der Waals surface area contributed by atoms with E-state index < -0.39 is 5.82 Å². The van der Waals surface area contributed by atoms with Crippen molar-refractivity contribution in [2.24, 2.45) is 0 Å². The molecule has 0 saturated heterocycles. The summed E-state index contributed by atoms with van der Waals surface area (Å²) >= 11 is 0. The molecule has 5 nitrogen and oxygen atoms in total. The fraction of sp³-hybridized carbons (Fsp3) is 0.0714. The molecule has 0 unspecified atom stereocenters. The summed E-state index contributed by atoms with van der Waals surface area (Å²) in [6.07, 6.45) is 0. The first-order valence-electron chi connectivity index (χ1n) is 6.19. The molecule has 21 heavy (non-hydrogen) atoms. The van der Waals surface area contributed by atoms with Gasteiger partial charge in [-0.15, -0.1) is 5.10 Å². The third-order valence-electron chi connectivity index (χ3n) is 2.98. The number of tetrazole rings is 1. The highest BCUT2D eigenvalue weighted by Crippen LogP contribution is 2.23. The average Bonchev–Trinajstić information content (AvgIpc) is 2.89. The number of benzene rings is 2. The number of aromatic nitrogens is 4. The van der Waals surface area contributed by atoms with Gasteiger partial charge >= 0.3 is 0 Å². The maximum Gasteiger partial charge on any atom is 0.185 e. The van der Waals surface area contributed by atoms with Gasteiger partial charge in [0.2, 0.25) is 0 Å². The van der Waals surface area contributed by atoms with E-state index in [4.69, 9.17) is 5.73 Å². The van der Waals surface area contributed by atoms with Crippen LogP contribution in [0.5, 0.6) is 0 Å². The SMILES string of the molecule is Nc1ccc(F)c(-c2nnnn2Cc2cccc(F)c2)c1. The minimum atomic E-state index is -0.473. The van der Waals surface area contributed by atoms with Crippen LogP contribution in [0.4, 0.5) is 14.5 Å². The Labute approximate surface area is 119 Å². The molecular formula is C14H11F2N5. The molecule has 1 heterocycles. The van der Waals surface area contributed by atoms with Crippen molar-refractivity contribution in [2.45, 2.75) is 6.54 Å². The predicted octanol–water partition coefficient (Wildman–Crippen LogP) is 2.25. The third kappa shape index (κ3) is 2.71. The zero-order valence-electron chi connectivity index (χ0n) is 10.9. The molecule has 0 saturated carbocycles. The molecule has 0 radical (unpaired) electrons. The van der Waals surface area contributed by atoms with E-state index in [1.54, 1.807) is 12.1 Å². The number of rotatable bonds is 3. The topological polar surface area (TPSA) is 69.6 Å². The molecule has 1 aromatic heterocycles. The standard InChI is InChI=1S/C14H11F2N5/c15-10-3-1-2-9(6-10)8-21-14(18-19-20-21)12-7-11(17)4-5-13(12)16/h1-7H,8,17H2. The summed E-state index contributed by atoms with van der Waals surface area (Å²) in [5, 5.41) is 11.2. The maximum atomic E-state index is 13.9. The van der Waals surface area contributed by atoms with Gasteiger partial charge in [0.05, 0.1) is 12.1 Å². The van der Waals surface area contributed by atoms with Crippen molar-refractivity contribution in [1.29, 1.82) is 0 Å². The van der Waals surface area contributed by atoms with Crippen LogP contribution in [0, 0.1) is 11.6 Å². The van der Waals surface area contributed by atoms with E-state index in [0.717, 1.165) is 0 Å². The van der Waals surface area contributed by atoms with Gasteiger partial charge in [-0.2, -0.15) is 0 Å². The molecule has 7 heteroatoms. The van der Waals surface area contributed by atoms with E-state index in [0.29, 0.717) is 11.3 Å². The van der Waals surface area contributed by atoms with Gasteiger partial charge in [-0.3, -0.25) is 0 Å². The van der Waals surface area contributed by atoms with E-state index in [-0.39, 0.29) is 23.7 Å². The van der Waals surface area contributed by atoms with E-state index >= 15 is 0 Å². The van der Waals surface area contributed by atoms with Crippen molar-refractivity contribution in [3.8, 4) is 11.4 Å². The Morgan fingerprint density at radius 1 is 1.10 bits per heavy atom. The Balaban J connectivity index is 1.99. The van der Waals surface area contributed by atoms with Gasteiger partial charge < -0.3 is 5.73 Å². The number of hydrogen-bond donors (Lipinski definition) is 1. The van der Waals surface area contributed by atoms with Crippen LogP contribution < -0.4 is 5.73 Å². The van der Waals surface area contributed by atoms with Crippen LogP contribution in [-0.2, 0) is 6.54 Å². The monoisotopic (exact) mass is 287 g/mol. The first-order valence-corrected chi connectivity index (χ1v) is 6.19. The second-order valence-electron chi connectivity index (χ2n) is 4.53. The summed E-state index contributed by atoms with van der Waals surface area (Å²) < 4.78 is 28.5. The molecule has 0 aliphatic carbocycles. The van der Waals surface area contributed by atoms with Crippen LogP contribution in [0.2, 0.25) is 0 Å². The molecule has 0 amide bonds. The van der Waals surface area contributed by atoms with Crippen molar-refractivity contribution in [1.82, 2.24) is 20.2 Å². The predicted molar refractivity (Wildman–Crippen MR) is 73.1 cm³/mol. The van der Waals surface area contributed by atoms with Crippen LogP contribution in [0.3, 0.4) is 0 Å². The second kappa shape index (κ2) is 5.28. The highest BCUT2D eigenvalue weighted by molar-refractivity contribution is 5.61. The van der Waals surface area contributed by atoms with Gasteiger partial charge in [0, 0.05) is 5.69 Å². The van der Waals surface area contributed by atoms with Gasteiger partial charge in [0.25, 0.3) is 0 Å². The highest BCUT2D eigenvalue weighted by atomic mass is 19.1. The van der Waals surface area contributed by atoms with Gasteiger partial charge in [-0.25, -0.2) is 13.5 Å². The first kappa shape index (κ1) is 13.2. The van der Waals surface area contributed by atoms with E-state index in [1.165, 1.54) is 35.0 Å². The Kier molecular flexibility index (Phi) is 3.31. The summed E-state index contributed by atoms with van der Waals surface area (Å²) in [5.74, 6) is -0.583. The summed E-state index contributed by atoms with van der Waals surface area (Å²) in [7, 11) is 0. The van der Waals surface area contributed by atoms with Crippen molar-refractivity contribution in [3.05, 3.63) is 59.7 Å². The summed E-state index contributed by atoms with van der Waals surface area (Å²) in [4.78, 5) is 0. The Morgan fingerprint density at radius 2 is 1.95 bits per heavy atom. The lowest BCUT2D eigenvalue weighted by Gasteiger charge is -2.06. The Morgan fingerprint density at radius 3 is 2.76 bits per heavy atom. The van der Waals surface area contributed by atoms with Crippen molar-refractivity contribution in [3.63, 3.8) is 0 Å². The van der Waals surface area contributed by atoms with Crippen molar-refractivity contribution in [2.75, 3.05) is 5.73 Å². The van der Waals surface area contributed by atoms with E-state index in [2.05, 4.69) is 15.5 Å². The quantitative estimate of drug-likeness (QED) is 0.750. The number of anilines is 1. The molecule has 0 aliphatic rings. The maximum absolute atomic E-state index is 13.9. The number of halogens is 2. The van der Waals surface area contributed by atoms with E-state index in [9.17, 15) is 8.78 Å². The van der Waals surface area contributed by atoms with Gasteiger partial charge in [0.1, 0.15) is 11.6 Å². The minimum Gasteiger partial charge on any atom is -0.399 e. The lowest BCUT2D eigenvalue weighted by molar-refractivity contribution is 0.610. The molecule has 0 aliphatic heterocycles. The highest BCUT2D eigenvalue weighted by Gasteiger charge is 2.14. The molecule has 3 aromatic rings. The smallest absolute Gasteiger partial charge is 0.185 e. The number of nitrogen functional groups attached to an aromatic ring is 1. The zero-order valence-corrected chi connectivity index (χ0v) is 10.9. The minimum absolute atomic E-state index is 0.205. The Bertz CT molecular complexity index is 785. The third-order valence-corrected chi connectivity index (χ3v) is 2.98. The van der Waals surface area contributed by atoms with Crippen LogP contribution in [0.25, 0.3) is 11.4 Å². The summed E-state index contributed by atoms with van der Waals surface area (Å²) in [6.45, 7) is 0.230. The van der Waals surface area contributed by atoms with Crippen LogP contribution in [0.15, 0.2) is 42.5 Å². The molecule has 2 N–H and O–H groups in total. The van der Waals surface area contributed by atoms with Crippen LogP contribution >= 0.6 is 0 Å². The molecule has 0 bridgehead atoms. The van der Waals surface area contributed by atoms with E-state index in [1.807, 2.05) is 0 Å². The fourth-order valence-corrected chi connectivity index (χ4v) is 2.03. The molecule has 2 aromatic carbocycles. The van der Waals surface area contributed by atoms with Crippen LogP contribution in [-0.4, -0.2) is 20.2 Å². The largest absolute Gasteiger partial charge is 0.399 e. The average molecular weight is 287 g/mol. The number of nitrogens with zero attached hydrogens (tertiary/aromatic N) is 4.